The lowest BCUT2D eigenvalue weighted by Gasteiger charge is -2.22. The van der Waals surface area contributed by atoms with Gasteiger partial charge in [0, 0.05) is 19.1 Å². The number of likely N-dealkylation sites (tertiary alicyclic amines) is 1. The van der Waals surface area contributed by atoms with Crippen LogP contribution in [0.1, 0.15) is 19.8 Å². The van der Waals surface area contributed by atoms with Crippen LogP contribution in [0.2, 0.25) is 0 Å². The highest BCUT2D eigenvalue weighted by atomic mass is 16.2. The van der Waals surface area contributed by atoms with Crippen LogP contribution in [0.5, 0.6) is 0 Å². The quantitative estimate of drug-likeness (QED) is 0.665. The van der Waals surface area contributed by atoms with E-state index in [1.807, 2.05) is 0 Å². The summed E-state index contributed by atoms with van der Waals surface area (Å²) in [5.41, 5.74) is 0. The molecular weight excluding hydrogens is 190 g/mol. The minimum absolute atomic E-state index is 0.0992. The molecule has 0 bridgehead atoms. The van der Waals surface area contributed by atoms with Gasteiger partial charge in [-0.15, -0.1) is 6.58 Å². The van der Waals surface area contributed by atoms with Gasteiger partial charge >= 0.3 is 6.03 Å². The topological polar surface area (TPSA) is 44.4 Å². The number of rotatable bonds is 5. The average Bonchev–Trinajstić information content (AvgIpc) is 2.70. The molecule has 1 rings (SSSR count). The highest BCUT2D eigenvalue weighted by Gasteiger charge is 2.22. The van der Waals surface area contributed by atoms with Crippen LogP contribution in [-0.2, 0) is 0 Å². The number of hydrogen-bond acceptors (Lipinski definition) is 2. The second-order valence-corrected chi connectivity index (χ2v) is 3.80. The van der Waals surface area contributed by atoms with Crippen molar-refractivity contribution in [3.63, 3.8) is 0 Å². The first-order valence-corrected chi connectivity index (χ1v) is 5.64. The maximum absolute atomic E-state index is 11.3. The standard InChI is InChI=1S/C11H21N3O/c1-3-7-12-11(15)13-9-10-6-5-8-14(10)4-2/h3,10H,1,4-9H2,2H3,(H2,12,13,15). The van der Waals surface area contributed by atoms with E-state index < -0.39 is 0 Å². The van der Waals surface area contributed by atoms with Crippen LogP contribution in [0.25, 0.3) is 0 Å². The Hall–Kier alpha value is -1.03. The van der Waals surface area contributed by atoms with Crippen LogP contribution in [0.3, 0.4) is 0 Å². The zero-order valence-electron chi connectivity index (χ0n) is 9.46. The first kappa shape index (κ1) is 12.0. The van der Waals surface area contributed by atoms with Crippen molar-refractivity contribution in [2.45, 2.75) is 25.8 Å². The van der Waals surface area contributed by atoms with Gasteiger partial charge < -0.3 is 10.6 Å². The highest BCUT2D eigenvalue weighted by Crippen LogP contribution is 2.15. The maximum atomic E-state index is 11.3. The Morgan fingerprint density at radius 3 is 3.07 bits per heavy atom. The lowest BCUT2D eigenvalue weighted by atomic mass is 10.2. The molecule has 0 radical (unpaired) electrons. The van der Waals surface area contributed by atoms with E-state index in [0.717, 1.165) is 19.6 Å². The van der Waals surface area contributed by atoms with Crippen LogP contribution in [0.15, 0.2) is 12.7 Å². The molecule has 15 heavy (non-hydrogen) atoms. The number of carbonyl (C=O) groups is 1. The van der Waals surface area contributed by atoms with Crippen LogP contribution < -0.4 is 10.6 Å². The Morgan fingerprint density at radius 2 is 2.40 bits per heavy atom. The Labute approximate surface area is 91.7 Å². The Kier molecular flexibility index (Phi) is 5.18. The van der Waals surface area contributed by atoms with Gasteiger partial charge in [0.05, 0.1) is 0 Å². The predicted molar refractivity (Wildman–Crippen MR) is 61.9 cm³/mol. The summed E-state index contributed by atoms with van der Waals surface area (Å²) in [6, 6.07) is 0.419. The molecule has 1 unspecified atom stereocenters. The molecule has 0 saturated carbocycles. The van der Waals surface area contributed by atoms with Gasteiger partial charge in [-0.3, -0.25) is 4.90 Å². The molecule has 1 atom stereocenters. The van der Waals surface area contributed by atoms with Crippen molar-refractivity contribution in [2.24, 2.45) is 0 Å². The summed E-state index contributed by atoms with van der Waals surface area (Å²) in [6.07, 6.45) is 4.11. The minimum atomic E-state index is -0.0992. The van der Waals surface area contributed by atoms with Gasteiger partial charge in [0.15, 0.2) is 0 Å². The molecule has 0 aliphatic carbocycles. The molecule has 0 aromatic heterocycles. The van der Waals surface area contributed by atoms with E-state index in [1.165, 1.54) is 12.8 Å². The molecule has 1 saturated heterocycles. The van der Waals surface area contributed by atoms with E-state index in [0.29, 0.717) is 12.6 Å². The van der Waals surface area contributed by atoms with Crippen molar-refractivity contribution >= 4 is 6.03 Å². The van der Waals surface area contributed by atoms with Crippen molar-refractivity contribution in [3.8, 4) is 0 Å². The van der Waals surface area contributed by atoms with E-state index >= 15 is 0 Å². The number of likely N-dealkylation sites (N-methyl/N-ethyl adjacent to an activating group) is 1. The highest BCUT2D eigenvalue weighted by molar-refractivity contribution is 5.73. The molecule has 4 nitrogen and oxygen atoms in total. The normalized spacial score (nSPS) is 21.3. The number of nitrogens with zero attached hydrogens (tertiary/aromatic N) is 1. The molecule has 0 aromatic rings. The van der Waals surface area contributed by atoms with Crippen LogP contribution in [0.4, 0.5) is 4.79 Å². The van der Waals surface area contributed by atoms with Crippen LogP contribution in [0, 0.1) is 0 Å². The Bertz CT molecular complexity index is 218. The SMILES string of the molecule is C=CCNC(=O)NCC1CCCN1CC. The van der Waals surface area contributed by atoms with Crippen molar-refractivity contribution in [2.75, 3.05) is 26.2 Å². The third-order valence-corrected chi connectivity index (χ3v) is 2.81. The number of nitrogens with one attached hydrogen (secondary N) is 2. The van der Waals surface area contributed by atoms with Crippen molar-refractivity contribution < 1.29 is 4.79 Å². The van der Waals surface area contributed by atoms with Crippen LogP contribution in [-0.4, -0.2) is 43.2 Å². The van der Waals surface area contributed by atoms with E-state index in [4.69, 9.17) is 0 Å². The lowest BCUT2D eigenvalue weighted by Crippen LogP contribution is -2.43. The maximum Gasteiger partial charge on any atom is 0.315 e. The summed E-state index contributed by atoms with van der Waals surface area (Å²) in [5, 5.41) is 5.59. The third kappa shape index (κ3) is 3.91. The Morgan fingerprint density at radius 1 is 1.60 bits per heavy atom. The van der Waals surface area contributed by atoms with E-state index in [1.54, 1.807) is 6.08 Å². The first-order chi connectivity index (χ1) is 7.27. The number of amides is 2. The molecule has 2 N–H and O–H groups in total. The molecule has 1 fully saturated rings. The number of carbonyl (C=O) groups excluding carboxylic acids is 1. The fourth-order valence-electron chi connectivity index (χ4n) is 1.98. The summed E-state index contributed by atoms with van der Waals surface area (Å²) in [7, 11) is 0. The fraction of sp³-hybridized carbons (Fsp3) is 0.727. The van der Waals surface area contributed by atoms with E-state index in [-0.39, 0.29) is 6.03 Å². The predicted octanol–water partition coefficient (Wildman–Crippen LogP) is 0.956. The minimum Gasteiger partial charge on any atom is -0.337 e. The average molecular weight is 211 g/mol. The van der Waals surface area contributed by atoms with Crippen molar-refractivity contribution in [3.05, 3.63) is 12.7 Å². The van der Waals surface area contributed by atoms with Gasteiger partial charge in [-0.2, -0.15) is 0 Å². The second-order valence-electron chi connectivity index (χ2n) is 3.80. The van der Waals surface area contributed by atoms with Crippen molar-refractivity contribution in [1.82, 2.24) is 15.5 Å². The smallest absolute Gasteiger partial charge is 0.315 e. The number of hydrogen-bond donors (Lipinski definition) is 2. The molecule has 1 heterocycles. The third-order valence-electron chi connectivity index (χ3n) is 2.81. The van der Waals surface area contributed by atoms with Gasteiger partial charge in [-0.05, 0) is 25.9 Å². The molecule has 86 valence electrons. The van der Waals surface area contributed by atoms with Gasteiger partial charge in [0.2, 0.25) is 0 Å². The summed E-state index contributed by atoms with van der Waals surface area (Å²) in [5.74, 6) is 0. The van der Waals surface area contributed by atoms with Gasteiger partial charge in [0.1, 0.15) is 0 Å². The molecule has 2 amide bonds. The summed E-state index contributed by atoms with van der Waals surface area (Å²) in [4.78, 5) is 13.7. The lowest BCUT2D eigenvalue weighted by molar-refractivity contribution is 0.229. The largest absolute Gasteiger partial charge is 0.337 e. The van der Waals surface area contributed by atoms with Crippen LogP contribution >= 0.6 is 0 Å². The summed E-state index contributed by atoms with van der Waals surface area (Å²) in [6.45, 7) is 9.21. The Balaban J connectivity index is 2.18. The molecule has 0 aromatic carbocycles. The molecule has 0 spiro atoms. The first-order valence-electron chi connectivity index (χ1n) is 5.64. The monoisotopic (exact) mass is 211 g/mol. The van der Waals surface area contributed by atoms with Gasteiger partial charge in [-0.25, -0.2) is 4.79 Å². The molecule has 4 heteroatoms. The second kappa shape index (κ2) is 6.45. The molecular formula is C11H21N3O. The van der Waals surface area contributed by atoms with Gasteiger partial charge in [-0.1, -0.05) is 13.0 Å². The summed E-state index contributed by atoms with van der Waals surface area (Å²) >= 11 is 0. The molecule has 1 aliphatic heterocycles. The zero-order valence-corrected chi connectivity index (χ0v) is 9.46. The van der Waals surface area contributed by atoms with E-state index in [9.17, 15) is 4.79 Å². The van der Waals surface area contributed by atoms with Gasteiger partial charge in [0.25, 0.3) is 0 Å². The fourth-order valence-corrected chi connectivity index (χ4v) is 1.98. The number of urea groups is 1. The molecule has 1 aliphatic rings. The zero-order chi connectivity index (χ0) is 11.1. The summed E-state index contributed by atoms with van der Waals surface area (Å²) < 4.78 is 0. The van der Waals surface area contributed by atoms with E-state index in [2.05, 4.69) is 29.0 Å². The van der Waals surface area contributed by atoms with Crippen molar-refractivity contribution in [1.29, 1.82) is 0 Å².